The van der Waals surface area contributed by atoms with E-state index in [9.17, 15) is 0 Å². The molecule has 2 N–H and O–H groups in total. The Morgan fingerprint density at radius 2 is 2.10 bits per heavy atom. The summed E-state index contributed by atoms with van der Waals surface area (Å²) in [4.78, 5) is 14.4. The number of hydrogen-bond donors (Lipinski definition) is 2. The standard InChI is InChI=1S/C13H15N5S2/c1-8-7-20-10(16-8)3-5-15-11-9-4-6-19-12(9)18-13(14-2)17-11/h4,6-7H,3,5H2,1-2H3,(H2,14,15,17,18). The summed E-state index contributed by atoms with van der Waals surface area (Å²) < 4.78 is 0. The summed E-state index contributed by atoms with van der Waals surface area (Å²) in [6.45, 7) is 2.84. The van der Waals surface area contributed by atoms with Crippen molar-refractivity contribution in [2.24, 2.45) is 0 Å². The first-order valence-electron chi connectivity index (χ1n) is 6.34. The molecule has 3 aromatic rings. The number of fused-ring (bicyclic) bond motifs is 1. The maximum absolute atomic E-state index is 4.48. The molecule has 7 heteroatoms. The van der Waals surface area contributed by atoms with Crippen LogP contribution < -0.4 is 10.6 Å². The molecule has 3 aromatic heterocycles. The predicted molar refractivity (Wildman–Crippen MR) is 86.0 cm³/mol. The highest BCUT2D eigenvalue weighted by Gasteiger charge is 2.08. The van der Waals surface area contributed by atoms with Crippen molar-refractivity contribution in [2.75, 3.05) is 24.2 Å². The monoisotopic (exact) mass is 305 g/mol. The molecule has 0 saturated carbocycles. The number of aromatic nitrogens is 3. The van der Waals surface area contributed by atoms with Crippen molar-refractivity contribution in [3.8, 4) is 0 Å². The topological polar surface area (TPSA) is 62.7 Å². The smallest absolute Gasteiger partial charge is 0.225 e. The molecule has 20 heavy (non-hydrogen) atoms. The molecule has 0 radical (unpaired) electrons. The summed E-state index contributed by atoms with van der Waals surface area (Å²) in [6.07, 6.45) is 0.906. The van der Waals surface area contributed by atoms with Crippen LogP contribution in [0.5, 0.6) is 0 Å². The van der Waals surface area contributed by atoms with Crippen LogP contribution in [0.25, 0.3) is 10.2 Å². The zero-order chi connectivity index (χ0) is 13.9. The minimum Gasteiger partial charge on any atom is -0.369 e. The zero-order valence-corrected chi connectivity index (χ0v) is 12.9. The van der Waals surface area contributed by atoms with Gasteiger partial charge in [0.2, 0.25) is 5.95 Å². The van der Waals surface area contributed by atoms with Crippen LogP contribution in [0.1, 0.15) is 10.7 Å². The molecule has 0 aliphatic heterocycles. The Bertz CT molecular complexity index is 718. The van der Waals surface area contributed by atoms with Crippen LogP contribution in [0.2, 0.25) is 0 Å². The first-order chi connectivity index (χ1) is 9.76. The van der Waals surface area contributed by atoms with Crippen molar-refractivity contribution in [1.82, 2.24) is 15.0 Å². The van der Waals surface area contributed by atoms with Gasteiger partial charge in [-0.1, -0.05) is 0 Å². The molecule has 104 valence electrons. The van der Waals surface area contributed by atoms with Gasteiger partial charge < -0.3 is 10.6 Å². The molecule has 3 heterocycles. The highest BCUT2D eigenvalue weighted by molar-refractivity contribution is 7.16. The Labute approximate surface area is 125 Å². The molecule has 0 atom stereocenters. The van der Waals surface area contributed by atoms with E-state index in [-0.39, 0.29) is 0 Å². The molecule has 0 amide bonds. The number of nitrogens with one attached hydrogen (secondary N) is 2. The van der Waals surface area contributed by atoms with E-state index in [0.717, 1.165) is 39.7 Å². The van der Waals surface area contributed by atoms with Crippen LogP contribution >= 0.6 is 22.7 Å². The number of hydrogen-bond acceptors (Lipinski definition) is 7. The Morgan fingerprint density at radius 3 is 2.85 bits per heavy atom. The molecule has 0 aromatic carbocycles. The number of thiophene rings is 1. The van der Waals surface area contributed by atoms with E-state index < -0.39 is 0 Å². The number of anilines is 2. The van der Waals surface area contributed by atoms with Crippen molar-refractivity contribution in [2.45, 2.75) is 13.3 Å². The molecule has 5 nitrogen and oxygen atoms in total. The third-order valence-corrected chi connectivity index (χ3v) is 4.68. The second-order valence-electron chi connectivity index (χ2n) is 4.34. The molecule has 0 bridgehead atoms. The Balaban J connectivity index is 1.74. The van der Waals surface area contributed by atoms with E-state index in [1.165, 1.54) is 0 Å². The highest BCUT2D eigenvalue weighted by Crippen LogP contribution is 2.26. The minimum absolute atomic E-state index is 0.646. The number of nitrogens with zero attached hydrogens (tertiary/aromatic N) is 3. The molecule has 0 aliphatic rings. The van der Waals surface area contributed by atoms with Crippen LogP contribution in [0.4, 0.5) is 11.8 Å². The summed E-state index contributed by atoms with van der Waals surface area (Å²) >= 11 is 3.33. The molecule has 3 rings (SSSR count). The lowest BCUT2D eigenvalue weighted by Gasteiger charge is -2.07. The van der Waals surface area contributed by atoms with Crippen LogP contribution in [0.3, 0.4) is 0 Å². The van der Waals surface area contributed by atoms with E-state index in [1.807, 2.05) is 19.4 Å². The quantitative estimate of drug-likeness (QED) is 0.758. The van der Waals surface area contributed by atoms with Gasteiger partial charge in [0.05, 0.1) is 10.4 Å². The second kappa shape index (κ2) is 5.72. The van der Waals surface area contributed by atoms with Gasteiger partial charge in [0.15, 0.2) is 0 Å². The lowest BCUT2D eigenvalue weighted by atomic mass is 10.3. The molecular weight excluding hydrogens is 290 g/mol. The molecule has 0 fully saturated rings. The van der Waals surface area contributed by atoms with Gasteiger partial charge in [0, 0.05) is 31.1 Å². The third-order valence-electron chi connectivity index (χ3n) is 2.85. The molecule has 0 unspecified atom stereocenters. The molecule has 0 saturated heterocycles. The molecule has 0 spiro atoms. The first kappa shape index (κ1) is 13.3. The summed E-state index contributed by atoms with van der Waals surface area (Å²) in [6, 6.07) is 2.05. The number of rotatable bonds is 5. The van der Waals surface area contributed by atoms with E-state index >= 15 is 0 Å². The van der Waals surface area contributed by atoms with Gasteiger partial charge in [0.1, 0.15) is 10.6 Å². The largest absolute Gasteiger partial charge is 0.369 e. The Kier molecular flexibility index (Phi) is 3.79. The van der Waals surface area contributed by atoms with E-state index in [4.69, 9.17) is 0 Å². The fourth-order valence-electron chi connectivity index (χ4n) is 1.91. The normalized spacial score (nSPS) is 10.9. The molecular formula is C13H15N5S2. The number of thiazole rings is 1. The van der Waals surface area contributed by atoms with Gasteiger partial charge in [0.25, 0.3) is 0 Å². The summed E-state index contributed by atoms with van der Waals surface area (Å²) in [5, 5.41) is 12.7. The van der Waals surface area contributed by atoms with Crippen molar-refractivity contribution in [3.63, 3.8) is 0 Å². The van der Waals surface area contributed by atoms with Crippen molar-refractivity contribution < 1.29 is 0 Å². The Hall–Kier alpha value is -1.73. The Morgan fingerprint density at radius 1 is 1.20 bits per heavy atom. The van der Waals surface area contributed by atoms with Crippen molar-refractivity contribution >= 4 is 44.7 Å². The second-order valence-corrected chi connectivity index (χ2v) is 6.18. The summed E-state index contributed by atoms with van der Waals surface area (Å²) in [5.41, 5.74) is 1.09. The zero-order valence-electron chi connectivity index (χ0n) is 11.3. The minimum atomic E-state index is 0.646. The van der Waals surface area contributed by atoms with Gasteiger partial charge in [-0.05, 0) is 18.4 Å². The summed E-state index contributed by atoms with van der Waals surface area (Å²) in [5.74, 6) is 1.53. The van der Waals surface area contributed by atoms with Crippen molar-refractivity contribution in [3.05, 3.63) is 27.5 Å². The highest BCUT2D eigenvalue weighted by atomic mass is 32.1. The van der Waals surface area contributed by atoms with Gasteiger partial charge in [-0.2, -0.15) is 4.98 Å². The van der Waals surface area contributed by atoms with Crippen molar-refractivity contribution in [1.29, 1.82) is 0 Å². The third kappa shape index (κ3) is 2.73. The van der Waals surface area contributed by atoms with Crippen LogP contribution in [0.15, 0.2) is 16.8 Å². The van der Waals surface area contributed by atoms with Gasteiger partial charge in [-0.25, -0.2) is 9.97 Å². The summed E-state index contributed by atoms with van der Waals surface area (Å²) in [7, 11) is 1.83. The molecule has 0 aliphatic carbocycles. The van der Waals surface area contributed by atoms with Gasteiger partial charge >= 0.3 is 0 Å². The van der Waals surface area contributed by atoms with Gasteiger partial charge in [-0.15, -0.1) is 22.7 Å². The van der Waals surface area contributed by atoms with E-state index in [0.29, 0.717) is 5.95 Å². The average molecular weight is 305 g/mol. The lowest BCUT2D eigenvalue weighted by Crippen LogP contribution is -2.08. The fraction of sp³-hybridized carbons (Fsp3) is 0.308. The van der Waals surface area contributed by atoms with Crippen LogP contribution in [0, 0.1) is 6.92 Å². The average Bonchev–Trinajstić information content (AvgIpc) is 3.07. The van der Waals surface area contributed by atoms with E-state index in [2.05, 4.69) is 37.0 Å². The van der Waals surface area contributed by atoms with Gasteiger partial charge in [-0.3, -0.25) is 0 Å². The number of aryl methyl sites for hydroxylation is 1. The van der Waals surface area contributed by atoms with Crippen LogP contribution in [-0.2, 0) is 6.42 Å². The maximum Gasteiger partial charge on any atom is 0.225 e. The predicted octanol–water partition coefficient (Wildman–Crippen LogP) is 3.15. The lowest BCUT2D eigenvalue weighted by molar-refractivity contribution is 0.978. The maximum atomic E-state index is 4.48. The fourth-order valence-corrected chi connectivity index (χ4v) is 3.45. The van der Waals surface area contributed by atoms with Crippen LogP contribution in [-0.4, -0.2) is 28.5 Å². The van der Waals surface area contributed by atoms with E-state index in [1.54, 1.807) is 22.7 Å². The SMILES string of the molecule is CNc1nc(NCCc2nc(C)cs2)c2ccsc2n1. The first-order valence-corrected chi connectivity index (χ1v) is 8.10.